The summed E-state index contributed by atoms with van der Waals surface area (Å²) in [5.41, 5.74) is 3.19. The monoisotopic (exact) mass is 341 g/mol. The fourth-order valence-electron chi connectivity index (χ4n) is 2.43. The van der Waals surface area contributed by atoms with E-state index < -0.39 is 12.1 Å². The Morgan fingerprint density at radius 1 is 1.16 bits per heavy atom. The van der Waals surface area contributed by atoms with Gasteiger partial charge in [0.2, 0.25) is 0 Å². The van der Waals surface area contributed by atoms with Gasteiger partial charge in [0.25, 0.3) is 0 Å². The van der Waals surface area contributed by atoms with Gasteiger partial charge in [-0.05, 0) is 42.5 Å². The Balaban J connectivity index is 1.88. The van der Waals surface area contributed by atoms with Crippen molar-refractivity contribution in [2.75, 3.05) is 0 Å². The lowest BCUT2D eigenvalue weighted by molar-refractivity contribution is -0.146. The van der Waals surface area contributed by atoms with Gasteiger partial charge in [-0.3, -0.25) is 16.1 Å². The second-order valence-electron chi connectivity index (χ2n) is 5.31. The van der Waals surface area contributed by atoms with Crippen molar-refractivity contribution in [3.63, 3.8) is 0 Å². The molecule has 2 aromatic carbocycles. The van der Waals surface area contributed by atoms with Gasteiger partial charge < -0.3 is 19.9 Å². The number of aliphatic hydroxyl groups excluding tert-OH is 1. The van der Waals surface area contributed by atoms with Gasteiger partial charge in [-0.1, -0.05) is 0 Å². The molecule has 25 heavy (non-hydrogen) atoms. The zero-order chi connectivity index (χ0) is 18.0. The van der Waals surface area contributed by atoms with Crippen molar-refractivity contribution in [1.29, 1.82) is 5.41 Å². The lowest BCUT2D eigenvalue weighted by Gasteiger charge is -2.08. The van der Waals surface area contributed by atoms with Crippen molar-refractivity contribution in [3.05, 3.63) is 59.8 Å². The number of hydroxylamine groups is 1. The van der Waals surface area contributed by atoms with Crippen molar-refractivity contribution in [2.24, 2.45) is 0 Å². The molecule has 1 atom stereocenters. The van der Waals surface area contributed by atoms with Crippen molar-refractivity contribution < 1.29 is 25.0 Å². The van der Waals surface area contributed by atoms with E-state index >= 15 is 0 Å². The number of nitrogens with one attached hydrogen (secondary N) is 3. The molecule has 1 unspecified atom stereocenters. The molecular formula is C17H15N3O5. The van der Waals surface area contributed by atoms with Gasteiger partial charge in [0.1, 0.15) is 17.3 Å². The van der Waals surface area contributed by atoms with Crippen molar-refractivity contribution >= 4 is 22.7 Å². The summed E-state index contributed by atoms with van der Waals surface area (Å²) in [6.45, 7) is 0. The summed E-state index contributed by atoms with van der Waals surface area (Å²) in [6, 6.07) is 11.6. The summed E-state index contributed by atoms with van der Waals surface area (Å²) in [7, 11) is 0. The van der Waals surface area contributed by atoms with Crippen LogP contribution in [0.1, 0.15) is 17.2 Å². The van der Waals surface area contributed by atoms with Crippen LogP contribution in [0, 0.1) is 5.41 Å². The van der Waals surface area contributed by atoms with Crippen LogP contribution >= 0.6 is 0 Å². The molecule has 0 aliphatic heterocycles. The zero-order valence-electron chi connectivity index (χ0n) is 12.9. The SMILES string of the molecule is N=C(NO)c1ccc(Oc2ccc3[nH]cc(C(O)C(=O)O)c3c2)cc1. The number of amidine groups is 1. The van der Waals surface area contributed by atoms with E-state index in [1.807, 2.05) is 0 Å². The lowest BCUT2D eigenvalue weighted by atomic mass is 10.1. The third-order valence-corrected chi connectivity index (χ3v) is 3.70. The first-order chi connectivity index (χ1) is 12.0. The second kappa shape index (κ2) is 6.63. The van der Waals surface area contributed by atoms with Gasteiger partial charge in [0, 0.05) is 28.2 Å². The van der Waals surface area contributed by atoms with Crippen LogP contribution in [0.3, 0.4) is 0 Å². The number of carboxylic acid groups (broad SMARTS) is 1. The van der Waals surface area contributed by atoms with Crippen LogP contribution < -0.4 is 10.2 Å². The van der Waals surface area contributed by atoms with E-state index in [1.165, 1.54) is 6.20 Å². The molecular weight excluding hydrogens is 326 g/mol. The maximum atomic E-state index is 11.0. The highest BCUT2D eigenvalue weighted by atomic mass is 16.5. The smallest absolute Gasteiger partial charge is 0.337 e. The van der Waals surface area contributed by atoms with E-state index in [1.54, 1.807) is 47.9 Å². The number of benzene rings is 2. The van der Waals surface area contributed by atoms with E-state index in [9.17, 15) is 9.90 Å². The van der Waals surface area contributed by atoms with Gasteiger partial charge in [-0.25, -0.2) is 4.79 Å². The number of carboxylic acids is 1. The second-order valence-corrected chi connectivity index (χ2v) is 5.31. The Kier molecular flexibility index (Phi) is 4.38. The van der Waals surface area contributed by atoms with Crippen LogP contribution in [-0.4, -0.2) is 32.2 Å². The Morgan fingerprint density at radius 2 is 1.84 bits per heavy atom. The molecule has 0 saturated carbocycles. The fraction of sp³-hybridized carbons (Fsp3) is 0.0588. The molecule has 0 saturated heterocycles. The molecule has 3 rings (SSSR count). The third-order valence-electron chi connectivity index (χ3n) is 3.70. The van der Waals surface area contributed by atoms with Crippen LogP contribution in [0.4, 0.5) is 0 Å². The summed E-state index contributed by atoms with van der Waals surface area (Å²) in [6.07, 6.45) is -0.171. The number of carbonyl (C=O) groups is 1. The van der Waals surface area contributed by atoms with Gasteiger partial charge in [0.15, 0.2) is 6.10 Å². The summed E-state index contributed by atoms with van der Waals surface area (Å²) < 4.78 is 5.72. The molecule has 0 aliphatic carbocycles. The number of aromatic nitrogens is 1. The van der Waals surface area contributed by atoms with E-state index in [-0.39, 0.29) is 11.4 Å². The fourth-order valence-corrected chi connectivity index (χ4v) is 2.43. The quantitative estimate of drug-likeness (QED) is 0.239. The van der Waals surface area contributed by atoms with Crippen LogP contribution in [0.25, 0.3) is 10.9 Å². The van der Waals surface area contributed by atoms with Gasteiger partial charge in [-0.15, -0.1) is 0 Å². The average Bonchev–Trinajstić information content (AvgIpc) is 3.04. The normalized spacial score (nSPS) is 11.9. The van der Waals surface area contributed by atoms with Crippen LogP contribution in [-0.2, 0) is 4.79 Å². The van der Waals surface area contributed by atoms with E-state index in [2.05, 4.69) is 4.98 Å². The zero-order valence-corrected chi connectivity index (χ0v) is 12.9. The molecule has 0 amide bonds. The number of hydrogen-bond acceptors (Lipinski definition) is 5. The molecule has 3 aromatic rings. The minimum atomic E-state index is -1.62. The Morgan fingerprint density at radius 3 is 2.48 bits per heavy atom. The first kappa shape index (κ1) is 16.5. The molecule has 0 bridgehead atoms. The number of ether oxygens (including phenoxy) is 1. The standard InChI is InChI=1S/C17H15N3O5/c18-16(20-24)9-1-3-10(4-2-9)25-11-5-6-14-12(7-11)13(8-19-14)15(21)17(22)23/h1-8,15,19,21,24H,(H2,18,20)(H,22,23). The highest BCUT2D eigenvalue weighted by Gasteiger charge is 2.20. The number of H-pyrrole nitrogens is 1. The number of fused-ring (bicyclic) bond motifs is 1. The highest BCUT2D eigenvalue weighted by molar-refractivity contribution is 5.95. The largest absolute Gasteiger partial charge is 0.479 e. The molecule has 8 heteroatoms. The number of hydrogen-bond donors (Lipinski definition) is 6. The Bertz CT molecular complexity index is 933. The molecule has 1 heterocycles. The molecule has 8 nitrogen and oxygen atoms in total. The van der Waals surface area contributed by atoms with Gasteiger partial charge in [-0.2, -0.15) is 0 Å². The van der Waals surface area contributed by atoms with Crippen LogP contribution in [0.5, 0.6) is 11.5 Å². The number of aromatic amines is 1. The topological polar surface area (TPSA) is 139 Å². The summed E-state index contributed by atoms with van der Waals surface area (Å²) >= 11 is 0. The summed E-state index contributed by atoms with van der Waals surface area (Å²) in [4.78, 5) is 13.9. The average molecular weight is 341 g/mol. The molecule has 6 N–H and O–H groups in total. The number of aliphatic carboxylic acids is 1. The van der Waals surface area contributed by atoms with Crippen molar-refractivity contribution in [1.82, 2.24) is 10.5 Å². The van der Waals surface area contributed by atoms with E-state index in [0.29, 0.717) is 28.0 Å². The van der Waals surface area contributed by atoms with Gasteiger partial charge >= 0.3 is 5.97 Å². The van der Waals surface area contributed by atoms with Crippen molar-refractivity contribution in [2.45, 2.75) is 6.10 Å². The minimum absolute atomic E-state index is 0.132. The van der Waals surface area contributed by atoms with Gasteiger partial charge in [0.05, 0.1) is 0 Å². The third kappa shape index (κ3) is 3.30. The van der Waals surface area contributed by atoms with Crippen LogP contribution in [0.2, 0.25) is 0 Å². The molecule has 0 spiro atoms. The molecule has 128 valence electrons. The summed E-state index contributed by atoms with van der Waals surface area (Å²) in [5, 5.41) is 35.5. The Hall–Kier alpha value is -3.36. The summed E-state index contributed by atoms with van der Waals surface area (Å²) in [5.74, 6) is -0.492. The van der Waals surface area contributed by atoms with E-state index in [0.717, 1.165) is 0 Å². The maximum Gasteiger partial charge on any atom is 0.337 e. The highest BCUT2D eigenvalue weighted by Crippen LogP contribution is 2.30. The lowest BCUT2D eigenvalue weighted by Crippen LogP contribution is -2.18. The molecule has 0 radical (unpaired) electrons. The maximum absolute atomic E-state index is 11.0. The van der Waals surface area contributed by atoms with Crippen LogP contribution in [0.15, 0.2) is 48.7 Å². The minimum Gasteiger partial charge on any atom is -0.479 e. The number of rotatable bonds is 5. The predicted molar refractivity (Wildman–Crippen MR) is 89.2 cm³/mol. The molecule has 0 fully saturated rings. The predicted octanol–water partition coefficient (Wildman–Crippen LogP) is 2.38. The van der Waals surface area contributed by atoms with E-state index in [4.69, 9.17) is 20.5 Å². The molecule has 1 aromatic heterocycles. The number of aliphatic hydroxyl groups is 1. The Labute approximate surface area is 141 Å². The van der Waals surface area contributed by atoms with Crippen molar-refractivity contribution in [3.8, 4) is 11.5 Å². The first-order valence-corrected chi connectivity index (χ1v) is 7.28. The molecule has 0 aliphatic rings. The first-order valence-electron chi connectivity index (χ1n) is 7.28.